The van der Waals surface area contributed by atoms with Crippen LogP contribution in [0.2, 0.25) is 0 Å². The lowest BCUT2D eigenvalue weighted by molar-refractivity contribution is -0.141. The lowest BCUT2D eigenvalue weighted by Gasteiger charge is -2.45. The number of hydrogen-bond acceptors (Lipinski definition) is 9. The molecule has 2 bridgehead atoms. The summed E-state index contributed by atoms with van der Waals surface area (Å²) in [6.07, 6.45) is 3.20. The summed E-state index contributed by atoms with van der Waals surface area (Å²) in [5.41, 5.74) is 0.737. The molecule has 2 N–H and O–H groups in total. The Balaban J connectivity index is 1.33. The van der Waals surface area contributed by atoms with Crippen LogP contribution in [0.25, 0.3) is 0 Å². The highest BCUT2D eigenvalue weighted by Crippen LogP contribution is 2.37. The maximum atomic E-state index is 13.5. The van der Waals surface area contributed by atoms with Crippen molar-refractivity contribution in [3.05, 3.63) is 30.2 Å². The quantitative estimate of drug-likeness (QED) is 0.616. The van der Waals surface area contributed by atoms with E-state index in [1.807, 2.05) is 20.8 Å². The van der Waals surface area contributed by atoms with Crippen LogP contribution in [0.5, 0.6) is 5.88 Å². The number of hydrogen-bond donors (Lipinski definition) is 2. The molecule has 0 saturated carbocycles. The van der Waals surface area contributed by atoms with Gasteiger partial charge in [-0.2, -0.15) is 4.98 Å². The van der Waals surface area contributed by atoms with E-state index in [9.17, 15) is 9.59 Å². The fraction of sp³-hybridized carbons (Fsp3) is 0.542. The molecule has 12 heteroatoms. The van der Waals surface area contributed by atoms with E-state index in [0.717, 1.165) is 25.1 Å². The van der Waals surface area contributed by atoms with E-state index in [4.69, 9.17) is 14.2 Å². The van der Waals surface area contributed by atoms with Crippen molar-refractivity contribution in [1.29, 1.82) is 0 Å². The van der Waals surface area contributed by atoms with E-state index in [2.05, 4.69) is 30.5 Å². The van der Waals surface area contributed by atoms with Crippen LogP contribution < -0.4 is 25.2 Å². The monoisotopic (exact) mass is 497 g/mol. The summed E-state index contributed by atoms with van der Waals surface area (Å²) >= 11 is 0. The van der Waals surface area contributed by atoms with Crippen molar-refractivity contribution in [2.75, 3.05) is 48.0 Å². The molecule has 2 fully saturated rings. The topological polar surface area (TPSA) is 131 Å². The number of pyridine rings is 1. The van der Waals surface area contributed by atoms with E-state index in [-0.39, 0.29) is 36.5 Å². The van der Waals surface area contributed by atoms with Crippen molar-refractivity contribution in [1.82, 2.24) is 20.3 Å². The molecule has 12 nitrogen and oxygen atoms in total. The van der Waals surface area contributed by atoms with Crippen LogP contribution in [0.1, 0.15) is 44.2 Å². The van der Waals surface area contributed by atoms with Gasteiger partial charge < -0.3 is 24.4 Å². The number of ether oxygens (including phenoxy) is 3. The molecule has 192 valence electrons. The Bertz CT molecular complexity index is 1140. The zero-order chi connectivity index (χ0) is 25.3. The first kappa shape index (κ1) is 24.2. The molecule has 5 heterocycles. The summed E-state index contributed by atoms with van der Waals surface area (Å²) in [6.45, 7) is 8.26. The van der Waals surface area contributed by atoms with Gasteiger partial charge in [0.05, 0.1) is 24.5 Å². The number of carbonyl (C=O) groups excluding carboxylic acids is 2. The fourth-order valence-electron chi connectivity index (χ4n) is 4.69. The summed E-state index contributed by atoms with van der Waals surface area (Å²) < 4.78 is 17.1. The first-order chi connectivity index (χ1) is 17.3. The molecule has 2 aromatic heterocycles. The number of nitrogens with one attached hydrogen (secondary N) is 2. The SMILES string of the molecule is CCNC(=O)c1ncc2c(n1)N(C(=O)Nc1cccc(OCC3COC(C)(C)O3)n1)C1CCCN2C1. The summed E-state index contributed by atoms with van der Waals surface area (Å²) in [4.78, 5) is 42.8. The van der Waals surface area contributed by atoms with Crippen molar-refractivity contribution in [2.45, 2.75) is 51.5 Å². The zero-order valence-corrected chi connectivity index (χ0v) is 20.7. The number of urea groups is 1. The van der Waals surface area contributed by atoms with Crippen LogP contribution in [-0.4, -0.2) is 77.7 Å². The predicted molar refractivity (Wildman–Crippen MR) is 131 cm³/mol. The number of anilines is 3. The molecule has 0 radical (unpaired) electrons. The minimum Gasteiger partial charge on any atom is -0.475 e. The average molecular weight is 498 g/mol. The second kappa shape index (κ2) is 9.86. The summed E-state index contributed by atoms with van der Waals surface area (Å²) in [6, 6.07) is 4.72. The van der Waals surface area contributed by atoms with Gasteiger partial charge in [0.2, 0.25) is 11.7 Å². The molecule has 0 aromatic carbocycles. The molecule has 36 heavy (non-hydrogen) atoms. The highest BCUT2D eigenvalue weighted by molar-refractivity contribution is 6.04. The Morgan fingerprint density at radius 1 is 1.28 bits per heavy atom. The number of carbonyl (C=O) groups is 2. The minimum absolute atomic E-state index is 0.0318. The highest BCUT2D eigenvalue weighted by Gasteiger charge is 2.39. The van der Waals surface area contributed by atoms with Gasteiger partial charge in [-0.3, -0.25) is 15.0 Å². The van der Waals surface area contributed by atoms with Gasteiger partial charge in [0.25, 0.3) is 5.91 Å². The smallest absolute Gasteiger partial charge is 0.329 e. The van der Waals surface area contributed by atoms with Crippen molar-refractivity contribution >= 4 is 29.3 Å². The average Bonchev–Trinajstić information content (AvgIpc) is 3.21. The number of aromatic nitrogens is 3. The standard InChI is InChI=1S/C24H31N7O5/c1-4-25-22(32)20-26-11-17-21(29-20)31(15-7-6-10-30(17)12-15)23(33)28-18-8-5-9-19(27-18)34-13-16-14-35-24(2,3)36-16/h5,8-9,11,15-16H,4,6-7,10,12-14H2,1-3H3,(H,25,32)(H,27,28,33). The fourth-order valence-corrected chi connectivity index (χ4v) is 4.69. The number of fused-ring (bicyclic) bond motifs is 4. The number of piperidine rings is 1. The van der Waals surface area contributed by atoms with Gasteiger partial charge in [0, 0.05) is 25.7 Å². The lowest BCUT2D eigenvalue weighted by atomic mass is 10.0. The van der Waals surface area contributed by atoms with E-state index in [1.54, 1.807) is 29.3 Å². The second-order valence-electron chi connectivity index (χ2n) is 9.43. The molecular formula is C24H31N7O5. The third-order valence-corrected chi connectivity index (χ3v) is 6.28. The van der Waals surface area contributed by atoms with E-state index in [0.29, 0.717) is 37.2 Å². The van der Waals surface area contributed by atoms with Crippen molar-refractivity contribution in [3.63, 3.8) is 0 Å². The molecule has 2 unspecified atom stereocenters. The van der Waals surface area contributed by atoms with Crippen molar-refractivity contribution in [2.24, 2.45) is 0 Å². The molecule has 3 aliphatic heterocycles. The first-order valence-electron chi connectivity index (χ1n) is 12.2. The molecule has 0 aliphatic carbocycles. The molecule has 2 saturated heterocycles. The second-order valence-corrected chi connectivity index (χ2v) is 9.43. The van der Waals surface area contributed by atoms with Gasteiger partial charge >= 0.3 is 6.03 Å². The van der Waals surface area contributed by atoms with Gasteiger partial charge in [0.1, 0.15) is 18.5 Å². The van der Waals surface area contributed by atoms with E-state index < -0.39 is 5.79 Å². The van der Waals surface area contributed by atoms with Crippen LogP contribution in [0.4, 0.5) is 22.1 Å². The predicted octanol–water partition coefficient (Wildman–Crippen LogP) is 2.17. The molecular weight excluding hydrogens is 466 g/mol. The van der Waals surface area contributed by atoms with Gasteiger partial charge in [-0.1, -0.05) is 6.07 Å². The van der Waals surface area contributed by atoms with Crippen LogP contribution >= 0.6 is 0 Å². The number of amides is 3. The third-order valence-electron chi connectivity index (χ3n) is 6.28. The first-order valence-corrected chi connectivity index (χ1v) is 12.2. The van der Waals surface area contributed by atoms with Crippen molar-refractivity contribution < 1.29 is 23.8 Å². The van der Waals surface area contributed by atoms with Gasteiger partial charge in [-0.05, 0) is 39.7 Å². The highest BCUT2D eigenvalue weighted by atomic mass is 16.7. The van der Waals surface area contributed by atoms with E-state index >= 15 is 0 Å². The maximum absolute atomic E-state index is 13.5. The largest absolute Gasteiger partial charge is 0.475 e. The Hall–Kier alpha value is -3.51. The van der Waals surface area contributed by atoms with Crippen LogP contribution in [0.15, 0.2) is 24.4 Å². The normalized spacial score (nSPS) is 22.1. The van der Waals surface area contributed by atoms with Gasteiger partial charge in [0.15, 0.2) is 11.6 Å². The molecule has 2 aromatic rings. The Morgan fingerprint density at radius 3 is 2.92 bits per heavy atom. The third kappa shape index (κ3) is 5.05. The summed E-state index contributed by atoms with van der Waals surface area (Å²) in [5.74, 6) is 0.164. The lowest BCUT2D eigenvalue weighted by Crippen LogP contribution is -2.56. The minimum atomic E-state index is -0.628. The van der Waals surface area contributed by atoms with Crippen LogP contribution in [0.3, 0.4) is 0 Å². The van der Waals surface area contributed by atoms with Crippen LogP contribution in [0, 0.1) is 0 Å². The zero-order valence-electron chi connectivity index (χ0n) is 20.7. The molecule has 3 aliphatic rings. The molecule has 2 atom stereocenters. The Morgan fingerprint density at radius 2 is 2.14 bits per heavy atom. The van der Waals surface area contributed by atoms with Gasteiger partial charge in [-0.25, -0.2) is 14.8 Å². The maximum Gasteiger partial charge on any atom is 0.329 e. The summed E-state index contributed by atoms with van der Waals surface area (Å²) in [5, 5.41) is 5.58. The van der Waals surface area contributed by atoms with Crippen LogP contribution in [-0.2, 0) is 9.47 Å². The number of rotatable bonds is 6. The number of nitrogens with zero attached hydrogens (tertiary/aromatic N) is 5. The molecule has 5 rings (SSSR count). The van der Waals surface area contributed by atoms with Crippen molar-refractivity contribution in [3.8, 4) is 5.88 Å². The van der Waals surface area contributed by atoms with E-state index in [1.165, 1.54) is 0 Å². The Labute approximate surface area is 209 Å². The Kier molecular flexibility index (Phi) is 6.63. The molecule has 3 amide bonds. The van der Waals surface area contributed by atoms with Gasteiger partial charge in [-0.15, -0.1) is 0 Å². The summed E-state index contributed by atoms with van der Waals surface area (Å²) in [7, 11) is 0. The molecule has 0 spiro atoms.